The van der Waals surface area contributed by atoms with Gasteiger partial charge in [0, 0.05) is 10.6 Å². The molecule has 4 aromatic rings. The Balaban J connectivity index is 1.71. The number of fused-ring (bicyclic) bond motifs is 1. The predicted octanol–water partition coefficient (Wildman–Crippen LogP) is 4.92. The lowest BCUT2D eigenvalue weighted by atomic mass is 10.1. The Morgan fingerprint density at radius 3 is 2.48 bits per heavy atom. The quantitative estimate of drug-likeness (QED) is 0.530. The van der Waals surface area contributed by atoms with Crippen molar-refractivity contribution in [1.29, 1.82) is 0 Å². The van der Waals surface area contributed by atoms with Crippen LogP contribution in [0.4, 0.5) is 4.39 Å². The van der Waals surface area contributed by atoms with Crippen molar-refractivity contribution in [2.24, 2.45) is 0 Å². The number of hydrogen-bond donors (Lipinski definition) is 1. The van der Waals surface area contributed by atoms with Crippen molar-refractivity contribution in [3.05, 3.63) is 66.7 Å². The number of ether oxygens (including phenoxy) is 1. The summed E-state index contributed by atoms with van der Waals surface area (Å²) in [6.45, 7) is 0. The number of hydrogen-bond acceptors (Lipinski definition) is 4. The molecule has 0 radical (unpaired) electrons. The lowest BCUT2D eigenvalue weighted by Crippen LogP contribution is -1.85. The van der Waals surface area contributed by atoms with E-state index in [0.29, 0.717) is 0 Å². The third-order valence-electron chi connectivity index (χ3n) is 3.82. The monoisotopic (exact) mass is 351 g/mol. The molecule has 124 valence electrons. The molecule has 0 aliphatic carbocycles. The summed E-state index contributed by atoms with van der Waals surface area (Å²) >= 11 is 1.48. The van der Waals surface area contributed by atoms with E-state index in [9.17, 15) is 4.39 Å². The van der Waals surface area contributed by atoms with Gasteiger partial charge in [0.05, 0.1) is 12.5 Å². The van der Waals surface area contributed by atoms with Gasteiger partial charge in [-0.1, -0.05) is 11.8 Å². The van der Waals surface area contributed by atoms with Gasteiger partial charge in [-0.2, -0.15) is 0 Å². The molecule has 0 saturated heterocycles. The number of nitrogens with one attached hydrogen (secondary N) is 1. The van der Waals surface area contributed by atoms with Crippen LogP contribution >= 0.6 is 11.8 Å². The van der Waals surface area contributed by atoms with Crippen molar-refractivity contribution < 1.29 is 9.13 Å². The summed E-state index contributed by atoms with van der Waals surface area (Å²) in [5, 5.41) is 1.76. The highest BCUT2D eigenvalue weighted by molar-refractivity contribution is 7.99. The normalized spacial score (nSPS) is 11.0. The van der Waals surface area contributed by atoms with Crippen LogP contribution in [0.2, 0.25) is 0 Å². The molecule has 1 N–H and O–H groups in total. The van der Waals surface area contributed by atoms with Crippen LogP contribution in [0.15, 0.2) is 70.8 Å². The van der Waals surface area contributed by atoms with E-state index >= 15 is 0 Å². The van der Waals surface area contributed by atoms with Gasteiger partial charge in [-0.3, -0.25) is 0 Å². The average Bonchev–Trinajstić information content (AvgIpc) is 3.09. The van der Waals surface area contributed by atoms with Crippen LogP contribution in [-0.2, 0) is 0 Å². The summed E-state index contributed by atoms with van der Waals surface area (Å²) in [6.07, 6.45) is 1.53. The van der Waals surface area contributed by atoms with E-state index in [1.165, 1.54) is 30.2 Å². The predicted molar refractivity (Wildman–Crippen MR) is 96.4 cm³/mol. The Hall–Kier alpha value is -2.86. The third-order valence-corrected chi connectivity index (χ3v) is 4.84. The lowest BCUT2D eigenvalue weighted by Gasteiger charge is -2.01. The van der Waals surface area contributed by atoms with Crippen molar-refractivity contribution in [2.75, 3.05) is 7.11 Å². The van der Waals surface area contributed by atoms with Crippen molar-refractivity contribution in [3.8, 4) is 17.0 Å². The maximum absolute atomic E-state index is 13.1. The van der Waals surface area contributed by atoms with Crippen LogP contribution in [-0.4, -0.2) is 22.1 Å². The summed E-state index contributed by atoms with van der Waals surface area (Å²) in [5.74, 6) is 0.563. The molecule has 0 aliphatic rings. The molecule has 0 unspecified atom stereocenters. The summed E-state index contributed by atoms with van der Waals surface area (Å²) in [4.78, 5) is 12.9. The highest BCUT2D eigenvalue weighted by Crippen LogP contribution is 2.33. The molecule has 2 aromatic carbocycles. The minimum absolute atomic E-state index is 0.249. The fourth-order valence-electron chi connectivity index (χ4n) is 2.54. The van der Waals surface area contributed by atoms with E-state index in [-0.39, 0.29) is 5.82 Å². The Kier molecular flexibility index (Phi) is 4.11. The van der Waals surface area contributed by atoms with E-state index < -0.39 is 0 Å². The van der Waals surface area contributed by atoms with Gasteiger partial charge in [0.1, 0.15) is 28.6 Å². The minimum Gasteiger partial charge on any atom is -0.497 e. The topological polar surface area (TPSA) is 50.8 Å². The number of methoxy groups -OCH3 is 1. The summed E-state index contributed by atoms with van der Waals surface area (Å²) in [6, 6.07) is 16.2. The van der Waals surface area contributed by atoms with E-state index in [0.717, 1.165) is 38.0 Å². The first-order chi connectivity index (χ1) is 12.2. The summed E-state index contributed by atoms with van der Waals surface area (Å²) in [5.41, 5.74) is 2.76. The number of rotatable bonds is 4. The fraction of sp³-hybridized carbons (Fsp3) is 0.0526. The second-order valence-electron chi connectivity index (χ2n) is 5.41. The van der Waals surface area contributed by atoms with Gasteiger partial charge in [-0.05, 0) is 60.2 Å². The van der Waals surface area contributed by atoms with Crippen molar-refractivity contribution >= 4 is 22.8 Å². The Bertz CT molecular complexity index is 1010. The zero-order valence-corrected chi connectivity index (χ0v) is 14.2. The van der Waals surface area contributed by atoms with E-state index in [4.69, 9.17) is 4.74 Å². The number of aromatic amines is 1. The first-order valence-electron chi connectivity index (χ1n) is 7.64. The van der Waals surface area contributed by atoms with Crippen LogP contribution in [0.3, 0.4) is 0 Å². The first-order valence-corrected chi connectivity index (χ1v) is 8.46. The highest BCUT2D eigenvalue weighted by atomic mass is 32.2. The molecular formula is C19H14FN3OS. The molecule has 0 saturated carbocycles. The van der Waals surface area contributed by atoms with Crippen LogP contribution < -0.4 is 4.74 Å². The van der Waals surface area contributed by atoms with Gasteiger partial charge in [0.15, 0.2) is 0 Å². The molecular weight excluding hydrogens is 337 g/mol. The maximum atomic E-state index is 13.1. The third kappa shape index (κ3) is 3.21. The number of aromatic nitrogens is 3. The minimum atomic E-state index is -0.249. The van der Waals surface area contributed by atoms with Crippen molar-refractivity contribution in [3.63, 3.8) is 0 Å². The van der Waals surface area contributed by atoms with E-state index in [1.807, 2.05) is 30.3 Å². The molecule has 0 spiro atoms. The number of H-pyrrole nitrogens is 1. The van der Waals surface area contributed by atoms with Gasteiger partial charge in [-0.25, -0.2) is 14.4 Å². The smallest absolute Gasteiger partial charge is 0.142 e. The number of benzene rings is 2. The molecule has 2 aromatic heterocycles. The molecule has 4 nitrogen and oxygen atoms in total. The van der Waals surface area contributed by atoms with Crippen molar-refractivity contribution in [1.82, 2.24) is 15.0 Å². The molecule has 0 amide bonds. The van der Waals surface area contributed by atoms with Gasteiger partial charge in [-0.15, -0.1) is 0 Å². The van der Waals surface area contributed by atoms with Gasteiger partial charge in [0.25, 0.3) is 0 Å². The Morgan fingerprint density at radius 2 is 1.76 bits per heavy atom. The second kappa shape index (κ2) is 6.57. The van der Waals surface area contributed by atoms with Crippen LogP contribution in [0, 0.1) is 5.82 Å². The van der Waals surface area contributed by atoms with E-state index in [1.54, 1.807) is 19.2 Å². The molecule has 0 fully saturated rings. The van der Waals surface area contributed by atoms with Gasteiger partial charge in [0.2, 0.25) is 0 Å². The van der Waals surface area contributed by atoms with E-state index in [2.05, 4.69) is 15.0 Å². The SMILES string of the molecule is COc1ccc(-c2cc3c(Sc4ccc(F)cc4)ncnc3[nH]2)cc1. The molecule has 6 heteroatoms. The lowest BCUT2D eigenvalue weighted by molar-refractivity contribution is 0.415. The fourth-order valence-corrected chi connectivity index (χ4v) is 3.40. The second-order valence-corrected chi connectivity index (χ2v) is 6.47. The molecule has 0 atom stereocenters. The number of halogens is 1. The zero-order chi connectivity index (χ0) is 17.2. The molecule has 4 rings (SSSR count). The standard InChI is InChI=1S/C19H14FN3OS/c1-24-14-6-2-12(3-7-14)17-10-16-18(23-17)21-11-22-19(16)25-15-8-4-13(20)5-9-15/h2-11H,1H3,(H,21,22,23). The molecule has 25 heavy (non-hydrogen) atoms. The summed E-state index contributed by atoms with van der Waals surface area (Å²) in [7, 11) is 1.65. The Labute approximate surface area is 148 Å². The van der Waals surface area contributed by atoms with Crippen LogP contribution in [0.5, 0.6) is 5.75 Å². The van der Waals surface area contributed by atoms with Crippen LogP contribution in [0.25, 0.3) is 22.3 Å². The molecule has 0 bridgehead atoms. The first kappa shape index (κ1) is 15.7. The highest BCUT2D eigenvalue weighted by Gasteiger charge is 2.11. The van der Waals surface area contributed by atoms with Crippen LogP contribution in [0.1, 0.15) is 0 Å². The van der Waals surface area contributed by atoms with Gasteiger partial charge < -0.3 is 9.72 Å². The maximum Gasteiger partial charge on any atom is 0.142 e. The Morgan fingerprint density at radius 1 is 1.00 bits per heavy atom. The zero-order valence-electron chi connectivity index (χ0n) is 13.4. The molecule has 0 aliphatic heterocycles. The molecule has 2 heterocycles. The average molecular weight is 351 g/mol. The van der Waals surface area contributed by atoms with Crippen molar-refractivity contribution in [2.45, 2.75) is 9.92 Å². The largest absolute Gasteiger partial charge is 0.497 e. The summed E-state index contributed by atoms with van der Waals surface area (Å²) < 4.78 is 18.3. The van der Waals surface area contributed by atoms with Gasteiger partial charge >= 0.3 is 0 Å². The number of nitrogens with zero attached hydrogens (tertiary/aromatic N) is 2.